The molecule has 1 saturated heterocycles. The van der Waals surface area contributed by atoms with Crippen molar-refractivity contribution in [3.05, 3.63) is 53.3 Å². The molecule has 1 aliphatic rings. The lowest BCUT2D eigenvalue weighted by Crippen LogP contribution is -2.49. The number of hydrogen-bond donors (Lipinski definition) is 0. The van der Waals surface area contributed by atoms with E-state index in [-0.39, 0.29) is 5.91 Å². The highest BCUT2D eigenvalue weighted by Gasteiger charge is 2.21. The molecule has 1 amide bonds. The number of carbonyl (C=O) groups excluding carboxylic acids is 1. The Labute approximate surface area is 137 Å². The molecule has 0 spiro atoms. The van der Waals surface area contributed by atoms with Gasteiger partial charge in [0.1, 0.15) is 6.54 Å². The summed E-state index contributed by atoms with van der Waals surface area (Å²) in [5, 5.41) is 4.19. The quantitative estimate of drug-likeness (QED) is 0.865. The summed E-state index contributed by atoms with van der Waals surface area (Å²) in [4.78, 5) is 16.7. The van der Waals surface area contributed by atoms with Crippen LogP contribution >= 0.6 is 0 Å². The Morgan fingerprint density at radius 2 is 1.91 bits per heavy atom. The lowest BCUT2D eigenvalue weighted by molar-refractivity contribution is -0.133. The van der Waals surface area contributed by atoms with E-state index < -0.39 is 0 Å². The van der Waals surface area contributed by atoms with Crippen LogP contribution in [0.5, 0.6) is 0 Å². The average molecular weight is 312 g/mol. The van der Waals surface area contributed by atoms with E-state index in [1.165, 1.54) is 11.1 Å². The molecule has 2 aromatic rings. The van der Waals surface area contributed by atoms with Gasteiger partial charge in [0.05, 0.1) is 0 Å². The maximum Gasteiger partial charge on any atom is 0.244 e. The Kier molecular flexibility index (Phi) is 4.76. The van der Waals surface area contributed by atoms with Crippen LogP contribution in [0.25, 0.3) is 0 Å². The van der Waals surface area contributed by atoms with E-state index in [0.717, 1.165) is 38.4 Å². The van der Waals surface area contributed by atoms with Crippen LogP contribution in [0.3, 0.4) is 0 Å². The van der Waals surface area contributed by atoms with Crippen LogP contribution in [-0.2, 0) is 17.9 Å². The summed E-state index contributed by atoms with van der Waals surface area (Å²) in [5.41, 5.74) is 3.67. The van der Waals surface area contributed by atoms with E-state index in [2.05, 4.69) is 41.2 Å². The van der Waals surface area contributed by atoms with Gasteiger partial charge in [-0.05, 0) is 25.5 Å². The number of piperazine rings is 1. The highest BCUT2D eigenvalue weighted by atomic mass is 16.2. The Morgan fingerprint density at radius 3 is 2.57 bits per heavy atom. The van der Waals surface area contributed by atoms with Crippen LogP contribution in [0.4, 0.5) is 0 Å². The second-order valence-corrected chi connectivity index (χ2v) is 6.28. The van der Waals surface area contributed by atoms with Crippen molar-refractivity contribution >= 4 is 5.91 Å². The minimum Gasteiger partial charge on any atom is -0.339 e. The Balaban J connectivity index is 1.50. The number of aromatic nitrogens is 2. The van der Waals surface area contributed by atoms with Gasteiger partial charge in [0, 0.05) is 44.6 Å². The van der Waals surface area contributed by atoms with Gasteiger partial charge < -0.3 is 4.90 Å². The predicted molar refractivity (Wildman–Crippen MR) is 90.0 cm³/mol. The largest absolute Gasteiger partial charge is 0.339 e. The monoisotopic (exact) mass is 312 g/mol. The standard InChI is InChI=1S/C18H24N4O/c1-15-4-3-5-17(12-15)13-20-8-10-21(11-9-20)18(23)14-22-16(2)6-7-19-22/h3-7,12H,8-11,13-14H2,1-2H3. The molecule has 5 heteroatoms. The van der Waals surface area contributed by atoms with Crippen LogP contribution in [-0.4, -0.2) is 51.7 Å². The maximum absolute atomic E-state index is 12.4. The highest BCUT2D eigenvalue weighted by Crippen LogP contribution is 2.11. The van der Waals surface area contributed by atoms with Crippen molar-refractivity contribution in [2.75, 3.05) is 26.2 Å². The molecular formula is C18H24N4O. The third-order valence-corrected chi connectivity index (χ3v) is 4.43. The fraction of sp³-hybridized carbons (Fsp3) is 0.444. The fourth-order valence-corrected chi connectivity index (χ4v) is 3.02. The van der Waals surface area contributed by atoms with Gasteiger partial charge in [-0.3, -0.25) is 14.4 Å². The first-order valence-corrected chi connectivity index (χ1v) is 8.16. The first kappa shape index (κ1) is 15.7. The second kappa shape index (κ2) is 6.96. The van der Waals surface area contributed by atoms with E-state index in [1.54, 1.807) is 10.9 Å². The molecule has 0 saturated carbocycles. The van der Waals surface area contributed by atoms with E-state index in [4.69, 9.17) is 0 Å². The lowest BCUT2D eigenvalue weighted by atomic mass is 10.1. The van der Waals surface area contributed by atoms with Crippen molar-refractivity contribution in [2.45, 2.75) is 26.9 Å². The predicted octanol–water partition coefficient (Wildman–Crippen LogP) is 1.84. The van der Waals surface area contributed by atoms with Gasteiger partial charge in [-0.1, -0.05) is 29.8 Å². The summed E-state index contributed by atoms with van der Waals surface area (Å²) in [7, 11) is 0. The number of aryl methyl sites for hydroxylation is 2. The number of carbonyl (C=O) groups is 1. The normalized spacial score (nSPS) is 15.8. The lowest BCUT2D eigenvalue weighted by Gasteiger charge is -2.34. The van der Waals surface area contributed by atoms with Crippen molar-refractivity contribution in [2.24, 2.45) is 0 Å². The molecule has 1 aliphatic heterocycles. The van der Waals surface area contributed by atoms with Gasteiger partial charge in [0.15, 0.2) is 0 Å². The number of benzene rings is 1. The molecule has 1 fully saturated rings. The van der Waals surface area contributed by atoms with Crippen LogP contribution in [0.1, 0.15) is 16.8 Å². The summed E-state index contributed by atoms with van der Waals surface area (Å²) in [6.45, 7) is 8.85. The molecule has 0 N–H and O–H groups in total. The van der Waals surface area contributed by atoms with Gasteiger partial charge in [-0.2, -0.15) is 5.10 Å². The van der Waals surface area contributed by atoms with Gasteiger partial charge in [0.2, 0.25) is 5.91 Å². The van der Waals surface area contributed by atoms with Crippen LogP contribution < -0.4 is 0 Å². The molecule has 23 heavy (non-hydrogen) atoms. The van der Waals surface area contributed by atoms with Crippen molar-refractivity contribution in [1.82, 2.24) is 19.6 Å². The summed E-state index contributed by atoms with van der Waals surface area (Å²) in [5.74, 6) is 0.159. The summed E-state index contributed by atoms with van der Waals surface area (Å²) in [6.07, 6.45) is 1.74. The fourth-order valence-electron chi connectivity index (χ4n) is 3.02. The number of hydrogen-bond acceptors (Lipinski definition) is 3. The molecule has 0 aliphatic carbocycles. The van der Waals surface area contributed by atoms with Crippen molar-refractivity contribution in [3.63, 3.8) is 0 Å². The minimum absolute atomic E-state index is 0.159. The highest BCUT2D eigenvalue weighted by molar-refractivity contribution is 5.76. The summed E-state index contributed by atoms with van der Waals surface area (Å²) >= 11 is 0. The Morgan fingerprint density at radius 1 is 1.13 bits per heavy atom. The van der Waals surface area contributed by atoms with Gasteiger partial charge >= 0.3 is 0 Å². The number of amides is 1. The number of rotatable bonds is 4. The molecule has 2 heterocycles. The minimum atomic E-state index is 0.159. The zero-order valence-corrected chi connectivity index (χ0v) is 13.9. The van der Waals surface area contributed by atoms with Crippen LogP contribution in [0, 0.1) is 13.8 Å². The maximum atomic E-state index is 12.4. The van der Waals surface area contributed by atoms with Gasteiger partial charge in [-0.15, -0.1) is 0 Å². The third kappa shape index (κ3) is 3.99. The van der Waals surface area contributed by atoms with Crippen molar-refractivity contribution in [1.29, 1.82) is 0 Å². The molecule has 3 rings (SSSR count). The van der Waals surface area contributed by atoms with Gasteiger partial charge in [0.25, 0.3) is 0 Å². The molecule has 5 nitrogen and oxygen atoms in total. The second-order valence-electron chi connectivity index (χ2n) is 6.28. The van der Waals surface area contributed by atoms with Crippen LogP contribution in [0.2, 0.25) is 0 Å². The molecule has 122 valence electrons. The Hall–Kier alpha value is -2.14. The molecule has 1 aromatic carbocycles. The first-order valence-electron chi connectivity index (χ1n) is 8.16. The Bertz CT molecular complexity index is 671. The summed E-state index contributed by atoms with van der Waals surface area (Å²) in [6, 6.07) is 10.6. The van der Waals surface area contributed by atoms with E-state index >= 15 is 0 Å². The third-order valence-electron chi connectivity index (χ3n) is 4.43. The van der Waals surface area contributed by atoms with E-state index in [0.29, 0.717) is 6.54 Å². The average Bonchev–Trinajstić information content (AvgIpc) is 2.93. The zero-order valence-electron chi connectivity index (χ0n) is 13.9. The molecule has 0 unspecified atom stereocenters. The zero-order chi connectivity index (χ0) is 16.2. The van der Waals surface area contributed by atoms with Crippen molar-refractivity contribution in [3.8, 4) is 0 Å². The summed E-state index contributed by atoms with van der Waals surface area (Å²) < 4.78 is 1.77. The topological polar surface area (TPSA) is 41.4 Å². The van der Waals surface area contributed by atoms with Crippen molar-refractivity contribution < 1.29 is 4.79 Å². The molecular weight excluding hydrogens is 288 g/mol. The SMILES string of the molecule is Cc1cccc(CN2CCN(C(=O)Cn3nccc3C)CC2)c1. The first-order chi connectivity index (χ1) is 11.1. The molecule has 0 radical (unpaired) electrons. The number of nitrogens with zero attached hydrogens (tertiary/aromatic N) is 4. The van der Waals surface area contributed by atoms with Gasteiger partial charge in [-0.25, -0.2) is 0 Å². The van der Waals surface area contributed by atoms with E-state index in [9.17, 15) is 4.79 Å². The smallest absolute Gasteiger partial charge is 0.244 e. The molecule has 1 aromatic heterocycles. The molecule has 0 atom stereocenters. The van der Waals surface area contributed by atoms with Crippen LogP contribution in [0.15, 0.2) is 36.5 Å². The molecule has 0 bridgehead atoms. The van der Waals surface area contributed by atoms with E-state index in [1.807, 2.05) is 17.9 Å².